The molecule has 1 saturated carbocycles. The van der Waals surface area contributed by atoms with Crippen LogP contribution in [-0.4, -0.2) is 19.7 Å². The Morgan fingerprint density at radius 2 is 2.00 bits per heavy atom. The van der Waals surface area contributed by atoms with E-state index in [4.69, 9.17) is 4.74 Å². The van der Waals surface area contributed by atoms with Gasteiger partial charge in [0.1, 0.15) is 5.75 Å². The third kappa shape index (κ3) is 5.65. The Morgan fingerprint density at radius 3 is 2.63 bits per heavy atom. The van der Waals surface area contributed by atoms with Crippen molar-refractivity contribution in [2.24, 2.45) is 5.92 Å². The summed E-state index contributed by atoms with van der Waals surface area (Å²) in [5, 5.41) is 3.63. The lowest BCUT2D eigenvalue weighted by Gasteiger charge is -2.13. The number of aryl methyl sites for hydroxylation is 1. The van der Waals surface area contributed by atoms with Crippen LogP contribution >= 0.6 is 0 Å². The molecular weight excluding hydrogens is 234 g/mol. The molecule has 1 aliphatic rings. The zero-order valence-corrected chi connectivity index (χ0v) is 12.3. The monoisotopic (exact) mass is 261 g/mol. The number of rotatable bonds is 9. The van der Waals surface area contributed by atoms with E-state index in [2.05, 4.69) is 24.4 Å². The molecule has 1 N–H and O–H groups in total. The maximum Gasteiger partial charge on any atom is 0.118 e. The van der Waals surface area contributed by atoms with Crippen LogP contribution in [0.15, 0.2) is 24.3 Å². The molecule has 2 nitrogen and oxygen atoms in total. The van der Waals surface area contributed by atoms with Crippen molar-refractivity contribution in [1.29, 1.82) is 0 Å². The Kier molecular flexibility index (Phi) is 5.71. The van der Waals surface area contributed by atoms with Crippen molar-refractivity contribution in [1.82, 2.24) is 5.32 Å². The summed E-state index contributed by atoms with van der Waals surface area (Å²) in [4.78, 5) is 0. The second kappa shape index (κ2) is 7.54. The van der Waals surface area contributed by atoms with Gasteiger partial charge in [0.2, 0.25) is 0 Å². The van der Waals surface area contributed by atoms with Crippen LogP contribution in [0, 0.1) is 5.92 Å². The quantitative estimate of drug-likeness (QED) is 0.683. The van der Waals surface area contributed by atoms with Gasteiger partial charge in [-0.25, -0.2) is 0 Å². The molecule has 1 aromatic carbocycles. The summed E-state index contributed by atoms with van der Waals surface area (Å²) in [7, 11) is 1.71. The fraction of sp³-hybridized carbons (Fsp3) is 0.647. The Bertz CT molecular complexity index is 356. The average Bonchev–Trinajstić information content (AvgIpc) is 3.26. The van der Waals surface area contributed by atoms with Crippen LogP contribution in [0.2, 0.25) is 0 Å². The first-order valence-electron chi connectivity index (χ1n) is 7.64. The number of ether oxygens (including phenoxy) is 1. The van der Waals surface area contributed by atoms with Gasteiger partial charge < -0.3 is 10.1 Å². The summed E-state index contributed by atoms with van der Waals surface area (Å²) >= 11 is 0. The number of nitrogens with one attached hydrogen (secondary N) is 1. The Labute approximate surface area is 117 Å². The van der Waals surface area contributed by atoms with Gasteiger partial charge in [-0.05, 0) is 62.8 Å². The van der Waals surface area contributed by atoms with E-state index < -0.39 is 0 Å². The van der Waals surface area contributed by atoms with Gasteiger partial charge in [0.15, 0.2) is 0 Å². The molecule has 19 heavy (non-hydrogen) atoms. The topological polar surface area (TPSA) is 21.3 Å². The zero-order valence-electron chi connectivity index (χ0n) is 12.3. The van der Waals surface area contributed by atoms with E-state index in [1.165, 1.54) is 44.2 Å². The molecule has 1 unspecified atom stereocenters. The normalized spacial score (nSPS) is 16.3. The summed E-state index contributed by atoms with van der Waals surface area (Å²) in [6.07, 6.45) is 8.08. The molecule has 0 spiro atoms. The average molecular weight is 261 g/mol. The van der Waals surface area contributed by atoms with Gasteiger partial charge in [0.05, 0.1) is 7.11 Å². The highest BCUT2D eigenvalue weighted by Gasteiger charge is 2.19. The van der Waals surface area contributed by atoms with E-state index in [1.54, 1.807) is 7.11 Å². The lowest BCUT2D eigenvalue weighted by atomic mass is 10.1. The predicted molar refractivity (Wildman–Crippen MR) is 80.7 cm³/mol. The van der Waals surface area contributed by atoms with E-state index >= 15 is 0 Å². The van der Waals surface area contributed by atoms with Gasteiger partial charge in [0.25, 0.3) is 0 Å². The summed E-state index contributed by atoms with van der Waals surface area (Å²) < 4.78 is 5.17. The first-order chi connectivity index (χ1) is 9.28. The highest BCUT2D eigenvalue weighted by molar-refractivity contribution is 5.27. The Balaban J connectivity index is 1.57. The first kappa shape index (κ1) is 14.4. The molecule has 0 amide bonds. The summed E-state index contributed by atoms with van der Waals surface area (Å²) in [6, 6.07) is 9.03. The van der Waals surface area contributed by atoms with Gasteiger partial charge in [-0.2, -0.15) is 0 Å². The van der Waals surface area contributed by atoms with Gasteiger partial charge in [-0.1, -0.05) is 25.0 Å². The maximum atomic E-state index is 5.17. The third-order valence-electron chi connectivity index (χ3n) is 4.00. The predicted octanol–water partition coefficient (Wildman–Crippen LogP) is 3.80. The molecular formula is C17H27NO. The second-order valence-electron chi connectivity index (χ2n) is 5.83. The maximum absolute atomic E-state index is 5.17. The molecule has 2 heteroatoms. The third-order valence-corrected chi connectivity index (χ3v) is 4.00. The number of methoxy groups -OCH3 is 1. The van der Waals surface area contributed by atoms with Crippen LogP contribution in [0.5, 0.6) is 5.75 Å². The fourth-order valence-electron chi connectivity index (χ4n) is 2.42. The van der Waals surface area contributed by atoms with E-state index in [9.17, 15) is 0 Å². The molecule has 0 aliphatic heterocycles. The highest BCUT2D eigenvalue weighted by atomic mass is 16.5. The zero-order chi connectivity index (χ0) is 13.5. The van der Waals surface area contributed by atoms with Crippen molar-refractivity contribution in [3.8, 4) is 5.75 Å². The molecule has 0 saturated heterocycles. The van der Waals surface area contributed by atoms with Gasteiger partial charge in [0, 0.05) is 6.04 Å². The number of hydrogen-bond donors (Lipinski definition) is 1. The molecule has 0 heterocycles. The summed E-state index contributed by atoms with van der Waals surface area (Å²) in [5.41, 5.74) is 1.40. The lowest BCUT2D eigenvalue weighted by Crippen LogP contribution is -2.27. The standard InChI is InChI=1S/C17H27NO/c1-14(18-13-3-4-15-7-8-15)5-6-16-9-11-17(19-2)12-10-16/h9-12,14-15,18H,3-8,13H2,1-2H3. The van der Waals surface area contributed by atoms with E-state index in [0.717, 1.165) is 18.1 Å². The molecule has 0 radical (unpaired) electrons. The number of benzene rings is 1. The minimum Gasteiger partial charge on any atom is -0.497 e. The van der Waals surface area contributed by atoms with E-state index in [1.807, 2.05) is 12.1 Å². The second-order valence-corrected chi connectivity index (χ2v) is 5.83. The van der Waals surface area contributed by atoms with Crippen LogP contribution < -0.4 is 10.1 Å². The minimum absolute atomic E-state index is 0.612. The summed E-state index contributed by atoms with van der Waals surface area (Å²) in [6.45, 7) is 3.47. The number of hydrogen-bond acceptors (Lipinski definition) is 2. The van der Waals surface area contributed by atoms with Crippen LogP contribution in [0.3, 0.4) is 0 Å². The molecule has 1 fully saturated rings. The fourth-order valence-corrected chi connectivity index (χ4v) is 2.42. The first-order valence-corrected chi connectivity index (χ1v) is 7.64. The Morgan fingerprint density at radius 1 is 1.26 bits per heavy atom. The molecule has 2 rings (SSSR count). The van der Waals surface area contributed by atoms with Gasteiger partial charge >= 0.3 is 0 Å². The highest BCUT2D eigenvalue weighted by Crippen LogP contribution is 2.33. The molecule has 0 aromatic heterocycles. The van der Waals surface area contributed by atoms with E-state index in [-0.39, 0.29) is 0 Å². The molecule has 1 aromatic rings. The smallest absolute Gasteiger partial charge is 0.118 e. The van der Waals surface area contributed by atoms with Crippen LogP contribution in [0.4, 0.5) is 0 Å². The molecule has 106 valence electrons. The lowest BCUT2D eigenvalue weighted by molar-refractivity contribution is 0.414. The van der Waals surface area contributed by atoms with Crippen LogP contribution in [0.1, 0.15) is 44.6 Å². The van der Waals surface area contributed by atoms with Crippen molar-refractivity contribution in [3.63, 3.8) is 0 Å². The molecule has 1 atom stereocenters. The van der Waals surface area contributed by atoms with Crippen molar-refractivity contribution in [2.45, 2.75) is 51.5 Å². The van der Waals surface area contributed by atoms with Crippen LogP contribution in [0.25, 0.3) is 0 Å². The summed E-state index contributed by atoms with van der Waals surface area (Å²) in [5.74, 6) is 2.01. The van der Waals surface area contributed by atoms with Crippen molar-refractivity contribution >= 4 is 0 Å². The van der Waals surface area contributed by atoms with Gasteiger partial charge in [-0.15, -0.1) is 0 Å². The molecule has 1 aliphatic carbocycles. The van der Waals surface area contributed by atoms with Gasteiger partial charge in [-0.3, -0.25) is 0 Å². The minimum atomic E-state index is 0.612. The van der Waals surface area contributed by atoms with Crippen molar-refractivity contribution in [3.05, 3.63) is 29.8 Å². The van der Waals surface area contributed by atoms with E-state index in [0.29, 0.717) is 6.04 Å². The largest absolute Gasteiger partial charge is 0.497 e. The SMILES string of the molecule is COc1ccc(CCC(C)NCCCC2CC2)cc1. The van der Waals surface area contributed by atoms with Crippen molar-refractivity contribution in [2.75, 3.05) is 13.7 Å². The molecule has 0 bridgehead atoms. The Hall–Kier alpha value is -1.02. The van der Waals surface area contributed by atoms with Crippen molar-refractivity contribution < 1.29 is 4.74 Å². The van der Waals surface area contributed by atoms with Crippen LogP contribution in [-0.2, 0) is 6.42 Å².